The minimum Gasteiger partial charge on any atom is -0.493 e. The number of hydrogen-bond acceptors (Lipinski definition) is 7. The number of aromatic hydroxyl groups is 1. The van der Waals surface area contributed by atoms with Crippen LogP contribution in [0.3, 0.4) is 0 Å². The van der Waals surface area contributed by atoms with Gasteiger partial charge < -0.3 is 26.0 Å². The highest BCUT2D eigenvalue weighted by Gasteiger charge is 2.24. The van der Waals surface area contributed by atoms with Gasteiger partial charge in [0.15, 0.2) is 11.1 Å². The summed E-state index contributed by atoms with van der Waals surface area (Å²) in [7, 11) is 0. The highest BCUT2D eigenvalue weighted by atomic mass is 16.3. The van der Waals surface area contributed by atoms with E-state index in [0.717, 1.165) is 38.5 Å². The number of carbonyl (C=O) groups is 1. The predicted molar refractivity (Wildman–Crippen MR) is 139 cm³/mol. The average Bonchev–Trinajstić information content (AvgIpc) is 3.48. The molecule has 3 aromatic rings. The van der Waals surface area contributed by atoms with E-state index < -0.39 is 5.69 Å². The van der Waals surface area contributed by atoms with Gasteiger partial charge in [-0.05, 0) is 57.4 Å². The highest BCUT2D eigenvalue weighted by Crippen LogP contribution is 2.23. The van der Waals surface area contributed by atoms with Crippen molar-refractivity contribution < 1.29 is 9.90 Å². The van der Waals surface area contributed by atoms with Gasteiger partial charge in [-0.1, -0.05) is 13.8 Å². The first-order valence-electron chi connectivity index (χ1n) is 13.0. The molecule has 12 heteroatoms. The summed E-state index contributed by atoms with van der Waals surface area (Å²) in [5.74, 6) is 0.852. The van der Waals surface area contributed by atoms with Gasteiger partial charge in [-0.15, -0.1) is 0 Å². The van der Waals surface area contributed by atoms with Crippen LogP contribution in [0, 0.1) is 5.92 Å². The molecule has 3 heterocycles. The summed E-state index contributed by atoms with van der Waals surface area (Å²) in [5.41, 5.74) is 1.07. The number of carbonyl (C=O) groups excluding carboxylic acids is 1. The Labute approximate surface area is 213 Å². The van der Waals surface area contributed by atoms with Gasteiger partial charge in [-0.2, -0.15) is 9.61 Å². The third kappa shape index (κ3) is 5.95. The highest BCUT2D eigenvalue weighted by molar-refractivity contribution is 5.74. The van der Waals surface area contributed by atoms with E-state index >= 15 is 0 Å². The van der Waals surface area contributed by atoms with Gasteiger partial charge >= 0.3 is 11.7 Å². The van der Waals surface area contributed by atoms with Crippen molar-refractivity contribution in [3.63, 3.8) is 0 Å². The van der Waals surface area contributed by atoms with Crippen molar-refractivity contribution in [3.8, 4) is 5.88 Å². The number of rotatable bonds is 7. The summed E-state index contributed by atoms with van der Waals surface area (Å²) in [6.45, 7) is 6.20. The fraction of sp³-hybridized carbons (Fsp3) is 0.560. The molecule has 2 aliphatic rings. The van der Waals surface area contributed by atoms with Crippen LogP contribution in [-0.2, 0) is 0 Å². The summed E-state index contributed by atoms with van der Waals surface area (Å²) < 4.78 is 1.69. The molecule has 12 nitrogen and oxygen atoms in total. The zero-order valence-electron chi connectivity index (χ0n) is 21.4. The first kappa shape index (κ1) is 24.8. The van der Waals surface area contributed by atoms with E-state index in [4.69, 9.17) is 9.98 Å². The molecule has 3 aromatic heterocycles. The lowest BCUT2D eigenvalue weighted by Crippen LogP contribution is -2.48. The Morgan fingerprint density at radius 1 is 1.16 bits per heavy atom. The van der Waals surface area contributed by atoms with Gasteiger partial charge in [0.05, 0.1) is 12.2 Å². The van der Waals surface area contributed by atoms with E-state index in [1.54, 1.807) is 16.8 Å². The smallest absolute Gasteiger partial charge is 0.326 e. The molecule has 0 aromatic carbocycles. The van der Waals surface area contributed by atoms with Gasteiger partial charge in [-0.3, -0.25) is 9.98 Å². The number of hydrogen-bond donors (Lipinski definition) is 6. The first-order valence-corrected chi connectivity index (χ1v) is 13.0. The van der Waals surface area contributed by atoms with Crippen LogP contribution in [0.25, 0.3) is 11.7 Å². The summed E-state index contributed by atoms with van der Waals surface area (Å²) in [4.78, 5) is 38.3. The van der Waals surface area contributed by atoms with Crippen LogP contribution in [-0.4, -0.2) is 59.9 Å². The van der Waals surface area contributed by atoms with Crippen molar-refractivity contribution in [2.75, 3.05) is 5.32 Å². The second-order valence-corrected chi connectivity index (χ2v) is 10.5. The summed E-state index contributed by atoms with van der Waals surface area (Å²) in [5, 5.41) is 24.8. The molecule has 2 fully saturated rings. The van der Waals surface area contributed by atoms with Gasteiger partial charge in [0, 0.05) is 29.4 Å². The lowest BCUT2D eigenvalue weighted by atomic mass is 9.91. The SMILES string of the molecule is CC(C)C(C)NC(=O)NC1CCC(Nc2cc(=NC3CC3)n3nc/c(=C/c4[nH]c(=O)[nH]c4O)c3n2)CC1. The van der Waals surface area contributed by atoms with Crippen molar-refractivity contribution in [1.82, 2.24) is 35.2 Å². The number of aromatic amines is 2. The Balaban J connectivity index is 1.32. The second-order valence-electron chi connectivity index (χ2n) is 10.5. The monoisotopic (exact) mass is 509 g/mol. The van der Waals surface area contributed by atoms with Crippen LogP contribution in [0.5, 0.6) is 5.88 Å². The molecule has 1 unspecified atom stereocenters. The topological polar surface area (TPSA) is 165 Å². The molecule has 2 saturated carbocycles. The maximum absolute atomic E-state index is 12.3. The average molecular weight is 510 g/mol. The zero-order chi connectivity index (χ0) is 26.1. The van der Waals surface area contributed by atoms with Gasteiger partial charge in [0.25, 0.3) is 0 Å². The molecular weight excluding hydrogens is 474 g/mol. The summed E-state index contributed by atoms with van der Waals surface area (Å²) in [6.07, 6.45) is 8.98. The van der Waals surface area contributed by atoms with E-state index in [1.165, 1.54) is 0 Å². The molecule has 0 bridgehead atoms. The Hall–Kier alpha value is -3.83. The Bertz CT molecular complexity index is 1440. The van der Waals surface area contributed by atoms with E-state index in [9.17, 15) is 14.7 Å². The van der Waals surface area contributed by atoms with E-state index in [0.29, 0.717) is 34.1 Å². The maximum Gasteiger partial charge on any atom is 0.326 e. The molecule has 2 aliphatic carbocycles. The number of nitrogens with one attached hydrogen (secondary N) is 5. The normalized spacial score (nSPS) is 21.9. The van der Waals surface area contributed by atoms with Gasteiger partial charge in [0.2, 0.25) is 5.88 Å². The fourth-order valence-corrected chi connectivity index (χ4v) is 4.46. The molecule has 198 valence electrons. The molecule has 6 N–H and O–H groups in total. The predicted octanol–water partition coefficient (Wildman–Crippen LogP) is 1.13. The van der Waals surface area contributed by atoms with Crippen LogP contribution in [0.4, 0.5) is 10.6 Å². The molecule has 37 heavy (non-hydrogen) atoms. The molecule has 0 saturated heterocycles. The largest absolute Gasteiger partial charge is 0.493 e. The quantitative estimate of drug-likeness (QED) is 0.279. The lowest BCUT2D eigenvalue weighted by Gasteiger charge is -2.30. The van der Waals surface area contributed by atoms with Crippen molar-refractivity contribution in [3.05, 3.63) is 39.1 Å². The Kier molecular flexibility index (Phi) is 6.90. The number of anilines is 1. The first-order chi connectivity index (χ1) is 17.7. The van der Waals surface area contributed by atoms with E-state index in [2.05, 4.69) is 44.9 Å². The van der Waals surface area contributed by atoms with E-state index in [1.807, 2.05) is 13.0 Å². The van der Waals surface area contributed by atoms with Gasteiger partial charge in [0.1, 0.15) is 11.5 Å². The molecule has 0 spiro atoms. The zero-order valence-corrected chi connectivity index (χ0v) is 21.4. The minimum absolute atomic E-state index is 0.102. The number of imidazole rings is 1. The van der Waals surface area contributed by atoms with Crippen LogP contribution >= 0.6 is 0 Å². The van der Waals surface area contributed by atoms with Crippen LogP contribution in [0.15, 0.2) is 22.1 Å². The third-order valence-electron chi connectivity index (χ3n) is 7.15. The van der Waals surface area contributed by atoms with Crippen LogP contribution < -0.4 is 32.3 Å². The number of nitrogens with zero attached hydrogens (tertiary/aromatic N) is 4. The minimum atomic E-state index is -0.489. The van der Waals surface area contributed by atoms with Crippen LogP contribution in [0.2, 0.25) is 0 Å². The molecular formula is C25H35N9O3. The Morgan fingerprint density at radius 3 is 2.54 bits per heavy atom. The molecule has 1 atom stereocenters. The van der Waals surface area contributed by atoms with Gasteiger partial charge in [-0.25, -0.2) is 14.6 Å². The van der Waals surface area contributed by atoms with E-state index in [-0.39, 0.29) is 35.7 Å². The third-order valence-corrected chi connectivity index (χ3v) is 7.15. The lowest BCUT2D eigenvalue weighted by molar-refractivity contribution is 0.225. The maximum atomic E-state index is 12.3. The van der Waals surface area contributed by atoms with Crippen LogP contribution in [0.1, 0.15) is 65.0 Å². The number of aromatic nitrogens is 5. The summed E-state index contributed by atoms with van der Waals surface area (Å²) >= 11 is 0. The van der Waals surface area contributed by atoms with Crippen molar-refractivity contribution in [2.45, 2.75) is 83.5 Å². The summed E-state index contributed by atoms with van der Waals surface area (Å²) in [6, 6.07) is 2.62. The second kappa shape index (κ2) is 10.3. The molecule has 2 amide bonds. The molecule has 0 aliphatic heterocycles. The number of amides is 2. The van der Waals surface area contributed by atoms with Crippen molar-refractivity contribution in [2.24, 2.45) is 10.9 Å². The number of fused-ring (bicyclic) bond motifs is 1. The molecule has 0 radical (unpaired) electrons. The fourth-order valence-electron chi connectivity index (χ4n) is 4.46. The number of urea groups is 1. The standard InChI is InChI=1S/C25H35N9O3/c1-13(2)14(3)27-24(36)30-18-8-4-16(5-9-18)28-20-11-21(29-17-6-7-17)34-22(32-20)15(12-26-34)10-19-23(35)33-25(37)31-19/h10-14,16-18,28,35H,4-9H2,1-3H3,(H2,27,30,36)(H2,31,33,37)/b15-10-,29-21?. The molecule has 5 rings (SSSR count). The van der Waals surface area contributed by atoms with Crippen molar-refractivity contribution in [1.29, 1.82) is 0 Å². The van der Waals surface area contributed by atoms with Crippen molar-refractivity contribution >= 4 is 23.6 Å². The number of H-pyrrole nitrogens is 2. The Morgan fingerprint density at radius 2 is 1.89 bits per heavy atom.